The number of anilines is 1. The van der Waals surface area contributed by atoms with Gasteiger partial charge in [0.15, 0.2) is 0 Å². The van der Waals surface area contributed by atoms with E-state index < -0.39 is 12.2 Å². The Hall–Kier alpha value is -1.23. The van der Waals surface area contributed by atoms with Crippen molar-refractivity contribution in [1.82, 2.24) is 5.32 Å². The van der Waals surface area contributed by atoms with Crippen LogP contribution in [0.4, 0.5) is 18.9 Å². The summed E-state index contributed by atoms with van der Waals surface area (Å²) in [7, 11) is 0. The molecule has 88 valence electrons. The summed E-state index contributed by atoms with van der Waals surface area (Å²) < 4.78 is 38.3. The van der Waals surface area contributed by atoms with E-state index in [0.29, 0.717) is 18.8 Å². The average molecular weight is 230 g/mol. The fourth-order valence-corrected chi connectivity index (χ4v) is 1.82. The number of nitrogens with zero attached hydrogens (tertiary/aromatic N) is 1. The molecule has 0 aliphatic carbocycles. The largest absolute Gasteiger partial charge is 0.367 e. The van der Waals surface area contributed by atoms with Gasteiger partial charge in [0.2, 0.25) is 0 Å². The summed E-state index contributed by atoms with van der Waals surface area (Å²) in [5.41, 5.74) is 0.141. The van der Waals surface area contributed by atoms with Gasteiger partial charge in [-0.1, -0.05) is 6.07 Å². The van der Waals surface area contributed by atoms with Gasteiger partial charge in [0.25, 0.3) is 6.43 Å². The fourth-order valence-electron chi connectivity index (χ4n) is 1.82. The van der Waals surface area contributed by atoms with Crippen LogP contribution in [0.2, 0.25) is 0 Å². The average Bonchev–Trinajstić information content (AvgIpc) is 2.30. The first-order valence-electron chi connectivity index (χ1n) is 5.22. The van der Waals surface area contributed by atoms with Crippen LogP contribution < -0.4 is 10.2 Å². The molecule has 0 unspecified atom stereocenters. The normalized spacial score (nSPS) is 16.9. The highest BCUT2D eigenvalue weighted by atomic mass is 19.3. The standard InChI is InChI=1S/C11H13F3N2/c12-9-7-8(11(13)14)1-2-10(9)16-5-3-15-4-6-16/h1-2,7,11,15H,3-6H2. The van der Waals surface area contributed by atoms with Crippen LogP contribution in [0, 0.1) is 5.82 Å². The Kier molecular flexibility index (Phi) is 3.33. The molecule has 1 saturated heterocycles. The molecule has 0 radical (unpaired) electrons. The maximum atomic E-state index is 13.6. The molecule has 1 N–H and O–H groups in total. The second-order valence-electron chi connectivity index (χ2n) is 3.75. The van der Waals surface area contributed by atoms with Gasteiger partial charge >= 0.3 is 0 Å². The zero-order chi connectivity index (χ0) is 11.5. The molecule has 0 amide bonds. The van der Waals surface area contributed by atoms with Crippen LogP contribution in [0.3, 0.4) is 0 Å². The topological polar surface area (TPSA) is 15.3 Å². The van der Waals surface area contributed by atoms with Gasteiger partial charge in [-0.15, -0.1) is 0 Å². The predicted molar refractivity (Wildman–Crippen MR) is 56.4 cm³/mol. The van der Waals surface area contributed by atoms with E-state index in [0.717, 1.165) is 19.2 Å². The third-order valence-corrected chi connectivity index (χ3v) is 2.68. The molecule has 1 aliphatic heterocycles. The lowest BCUT2D eigenvalue weighted by molar-refractivity contribution is 0.151. The van der Waals surface area contributed by atoms with Gasteiger partial charge in [0.1, 0.15) is 5.82 Å². The van der Waals surface area contributed by atoms with Crippen LogP contribution >= 0.6 is 0 Å². The van der Waals surface area contributed by atoms with Gasteiger partial charge in [-0.3, -0.25) is 0 Å². The summed E-state index contributed by atoms with van der Waals surface area (Å²) in [6.07, 6.45) is -2.62. The van der Waals surface area contributed by atoms with Crippen molar-refractivity contribution in [3.63, 3.8) is 0 Å². The maximum Gasteiger partial charge on any atom is 0.263 e. The summed E-state index contributed by atoms with van der Waals surface area (Å²) in [4.78, 5) is 1.86. The Bertz CT molecular complexity index is 362. The smallest absolute Gasteiger partial charge is 0.263 e. The predicted octanol–water partition coefficient (Wildman–Crippen LogP) is 2.17. The van der Waals surface area contributed by atoms with E-state index in [1.807, 2.05) is 4.90 Å². The number of nitrogens with one attached hydrogen (secondary N) is 1. The molecule has 0 saturated carbocycles. The molecule has 0 aromatic heterocycles. The zero-order valence-corrected chi connectivity index (χ0v) is 8.72. The molecule has 16 heavy (non-hydrogen) atoms. The lowest BCUT2D eigenvalue weighted by atomic mass is 10.1. The summed E-state index contributed by atoms with van der Waals surface area (Å²) >= 11 is 0. The lowest BCUT2D eigenvalue weighted by Gasteiger charge is -2.29. The molecule has 2 rings (SSSR count). The van der Waals surface area contributed by atoms with Crippen molar-refractivity contribution >= 4 is 5.69 Å². The van der Waals surface area contributed by atoms with Gasteiger partial charge in [-0.2, -0.15) is 0 Å². The monoisotopic (exact) mass is 230 g/mol. The molecule has 2 nitrogen and oxygen atoms in total. The molecule has 5 heteroatoms. The lowest BCUT2D eigenvalue weighted by Crippen LogP contribution is -2.43. The van der Waals surface area contributed by atoms with E-state index in [2.05, 4.69) is 5.32 Å². The Morgan fingerprint density at radius 3 is 2.44 bits per heavy atom. The van der Waals surface area contributed by atoms with Crippen LogP contribution in [0.15, 0.2) is 18.2 Å². The van der Waals surface area contributed by atoms with Gasteiger partial charge < -0.3 is 10.2 Å². The van der Waals surface area contributed by atoms with Crippen LogP contribution in [0.5, 0.6) is 0 Å². The van der Waals surface area contributed by atoms with Crippen molar-refractivity contribution in [2.45, 2.75) is 6.43 Å². The number of hydrogen-bond acceptors (Lipinski definition) is 2. The molecule has 1 aliphatic rings. The van der Waals surface area contributed by atoms with Crippen LogP contribution in [-0.4, -0.2) is 26.2 Å². The second-order valence-corrected chi connectivity index (χ2v) is 3.75. The van der Waals surface area contributed by atoms with Crippen molar-refractivity contribution in [2.75, 3.05) is 31.1 Å². The molecular weight excluding hydrogens is 217 g/mol. The van der Waals surface area contributed by atoms with Crippen molar-refractivity contribution in [3.05, 3.63) is 29.6 Å². The van der Waals surface area contributed by atoms with Crippen LogP contribution in [-0.2, 0) is 0 Å². The van der Waals surface area contributed by atoms with E-state index in [9.17, 15) is 13.2 Å². The Morgan fingerprint density at radius 1 is 1.19 bits per heavy atom. The van der Waals surface area contributed by atoms with Gasteiger partial charge in [0, 0.05) is 31.7 Å². The van der Waals surface area contributed by atoms with E-state index in [-0.39, 0.29) is 5.56 Å². The first-order valence-corrected chi connectivity index (χ1v) is 5.22. The van der Waals surface area contributed by atoms with E-state index in [1.54, 1.807) is 0 Å². The highest BCUT2D eigenvalue weighted by Crippen LogP contribution is 2.25. The van der Waals surface area contributed by atoms with Crippen molar-refractivity contribution in [1.29, 1.82) is 0 Å². The molecule has 0 atom stereocenters. The zero-order valence-electron chi connectivity index (χ0n) is 8.72. The van der Waals surface area contributed by atoms with E-state index in [1.165, 1.54) is 12.1 Å². The molecule has 1 aromatic carbocycles. The third-order valence-electron chi connectivity index (χ3n) is 2.68. The molecule has 1 heterocycles. The quantitative estimate of drug-likeness (QED) is 0.837. The Morgan fingerprint density at radius 2 is 1.88 bits per heavy atom. The van der Waals surface area contributed by atoms with E-state index >= 15 is 0 Å². The minimum atomic E-state index is -2.62. The highest BCUT2D eigenvalue weighted by molar-refractivity contribution is 5.49. The second kappa shape index (κ2) is 4.74. The minimum absolute atomic E-state index is 0.267. The molecule has 0 spiro atoms. The maximum absolute atomic E-state index is 13.6. The summed E-state index contributed by atoms with van der Waals surface area (Å²) in [6.45, 7) is 2.97. The van der Waals surface area contributed by atoms with Gasteiger partial charge in [0.05, 0.1) is 5.69 Å². The number of halogens is 3. The SMILES string of the molecule is Fc1cc(C(F)F)ccc1N1CCNCC1. The Balaban J connectivity index is 2.21. The number of alkyl halides is 2. The molecule has 1 fully saturated rings. The van der Waals surface area contributed by atoms with E-state index in [4.69, 9.17) is 0 Å². The minimum Gasteiger partial charge on any atom is -0.367 e. The number of piperazine rings is 1. The molecule has 0 bridgehead atoms. The summed E-state index contributed by atoms with van der Waals surface area (Å²) in [5, 5.41) is 3.15. The van der Waals surface area contributed by atoms with Gasteiger partial charge in [-0.25, -0.2) is 13.2 Å². The first-order chi connectivity index (χ1) is 7.68. The third kappa shape index (κ3) is 2.29. The van der Waals surface area contributed by atoms with Gasteiger partial charge in [-0.05, 0) is 12.1 Å². The molecular formula is C11H13F3N2. The van der Waals surface area contributed by atoms with Crippen LogP contribution in [0.1, 0.15) is 12.0 Å². The fraction of sp³-hybridized carbons (Fsp3) is 0.455. The number of hydrogen-bond donors (Lipinski definition) is 1. The highest BCUT2D eigenvalue weighted by Gasteiger charge is 2.16. The van der Waals surface area contributed by atoms with Crippen LogP contribution in [0.25, 0.3) is 0 Å². The summed E-state index contributed by atoms with van der Waals surface area (Å²) in [6, 6.07) is 3.63. The van der Waals surface area contributed by atoms with Crippen molar-refractivity contribution < 1.29 is 13.2 Å². The van der Waals surface area contributed by atoms with Crippen molar-refractivity contribution in [2.24, 2.45) is 0 Å². The summed E-state index contributed by atoms with van der Waals surface area (Å²) in [5.74, 6) is -0.570. The number of benzene rings is 1. The number of rotatable bonds is 2. The van der Waals surface area contributed by atoms with Crippen molar-refractivity contribution in [3.8, 4) is 0 Å². The Labute approximate surface area is 92.1 Å². The molecule has 1 aromatic rings. The first kappa shape index (κ1) is 11.3.